The number of hydrogen-bond donors (Lipinski definition) is 0. The van der Waals surface area contributed by atoms with Crippen molar-refractivity contribution in [2.24, 2.45) is 0 Å². The van der Waals surface area contributed by atoms with Crippen LogP contribution in [0.25, 0.3) is 61.0 Å². The number of pyridine rings is 1. The van der Waals surface area contributed by atoms with Gasteiger partial charge >= 0.3 is 0 Å². The first-order valence-corrected chi connectivity index (χ1v) is 28.0. The fourth-order valence-corrected chi connectivity index (χ4v) is 10.8. The predicted octanol–water partition coefficient (Wildman–Crippen LogP) is 20.5. The van der Waals surface area contributed by atoms with E-state index < -0.39 is 0 Å². The van der Waals surface area contributed by atoms with Crippen LogP contribution in [0.3, 0.4) is 0 Å². The van der Waals surface area contributed by atoms with Crippen molar-refractivity contribution in [3.05, 3.63) is 223 Å². The van der Waals surface area contributed by atoms with E-state index in [4.69, 9.17) is 9.72 Å². The summed E-state index contributed by atoms with van der Waals surface area (Å²) < 4.78 is 9.14. The van der Waals surface area contributed by atoms with Gasteiger partial charge in [-0.1, -0.05) is 206 Å². The Hall–Kier alpha value is -7.20. The molecular weight excluding hydrogens is 1160 g/mol. The fourth-order valence-electron chi connectivity index (χ4n) is 10.8. The number of hydrogen-bond acceptors (Lipinski definition) is 4. The van der Waals surface area contributed by atoms with Gasteiger partial charge in [-0.05, 0) is 131 Å². The molecule has 3 heterocycles. The summed E-state index contributed by atoms with van der Waals surface area (Å²) in [5.74, 6) is 2.02. The Morgan fingerprint density at radius 2 is 1.00 bits per heavy atom. The first-order valence-electron chi connectivity index (χ1n) is 28.0. The van der Waals surface area contributed by atoms with Gasteiger partial charge in [-0.3, -0.25) is 0 Å². The van der Waals surface area contributed by atoms with Crippen molar-refractivity contribution >= 4 is 44.6 Å². The zero-order valence-corrected chi connectivity index (χ0v) is 51.6. The Bertz CT molecular complexity index is 3880. The first kappa shape index (κ1) is 56.1. The van der Waals surface area contributed by atoms with Gasteiger partial charge in [0.2, 0.25) is 0 Å². The van der Waals surface area contributed by atoms with Crippen molar-refractivity contribution in [2.75, 3.05) is 9.80 Å². The molecule has 0 saturated carbocycles. The number of benzene rings is 8. The van der Waals surface area contributed by atoms with Crippen molar-refractivity contribution in [1.29, 1.82) is 0 Å². The van der Waals surface area contributed by atoms with E-state index in [-0.39, 0.29) is 48.1 Å². The molecular formula is C74H75N4OPt-3. The summed E-state index contributed by atoms with van der Waals surface area (Å²) in [5.41, 5.74) is 19.4. The number of anilines is 4. The molecule has 1 aliphatic heterocycles. The Morgan fingerprint density at radius 1 is 0.425 bits per heavy atom. The molecule has 410 valence electrons. The molecule has 0 N–H and O–H groups in total. The molecule has 2 aromatic heterocycles. The van der Waals surface area contributed by atoms with E-state index >= 15 is 0 Å². The van der Waals surface area contributed by atoms with Crippen LogP contribution < -0.4 is 14.5 Å². The average Bonchev–Trinajstić information content (AvgIpc) is 4.17. The maximum atomic E-state index is 6.89. The predicted molar refractivity (Wildman–Crippen MR) is 334 cm³/mol. The number of rotatable bonds is 8. The number of ether oxygens (including phenoxy) is 1. The largest absolute Gasteiger partial charge is 0.509 e. The molecule has 80 heavy (non-hydrogen) atoms. The summed E-state index contributed by atoms with van der Waals surface area (Å²) in [6, 6.07) is 69.5. The molecule has 0 amide bonds. The topological polar surface area (TPSA) is 33.5 Å². The molecule has 0 fully saturated rings. The molecule has 6 heteroatoms. The van der Waals surface area contributed by atoms with Gasteiger partial charge in [-0.25, -0.2) is 4.98 Å². The van der Waals surface area contributed by atoms with Gasteiger partial charge < -0.3 is 19.1 Å². The molecule has 0 atom stereocenters. The maximum absolute atomic E-state index is 6.89. The first-order chi connectivity index (χ1) is 37.3. The minimum absolute atomic E-state index is 0. The third-order valence-corrected chi connectivity index (χ3v) is 15.7. The van der Waals surface area contributed by atoms with Gasteiger partial charge in [-0.2, -0.15) is 12.1 Å². The minimum Gasteiger partial charge on any atom is -0.509 e. The quantitative estimate of drug-likeness (QED) is 0.142. The molecule has 0 spiro atoms. The zero-order chi connectivity index (χ0) is 56.0. The van der Waals surface area contributed by atoms with E-state index in [1.54, 1.807) is 0 Å². The molecule has 0 unspecified atom stereocenters. The SMILES string of the molecule is CC(C)(C)c1cc(-c2ccc3c(c2)c2ccc(Oc4[c-]c(N5[CH-]N(c6cc(C(C)(C)C)cc(C(C)(C)C)c6)c6c(-c7cccc(-c8ccccc8)c7)cccc65)ccc4)[c-]c2n3-c2cc(C(C)(C)C)ccn2)cc(C(C)(C)C)c1.[Pt]. The van der Waals surface area contributed by atoms with Crippen LogP contribution in [0.4, 0.5) is 22.7 Å². The standard InChI is InChI=1S/C74H75N4O.Pt/c1-70(2,3)53-34-35-75-68(44-53)78-65-33-30-50(52-37-54(71(4,5)6)40-55(38-52)72(7,8)9)39-64(65)63-32-31-61(46-67(63)78)79-60-27-20-26-58(45-60)76-47-77(59-42-56(73(10,11)12)41-57(43-59)74(13,14)15)69-62(28-21-29-66(69)76)51-25-19-24-49(36-51)48-22-17-16-18-23-48;/h16-44,47H,1-15H3;/q-3;. The van der Waals surface area contributed by atoms with Gasteiger partial charge in [-0.15, -0.1) is 48.1 Å². The summed E-state index contributed by atoms with van der Waals surface area (Å²) in [5, 5.41) is 2.21. The summed E-state index contributed by atoms with van der Waals surface area (Å²) in [6.07, 6.45) is 1.93. The van der Waals surface area contributed by atoms with Gasteiger partial charge in [0, 0.05) is 66.9 Å². The number of nitrogens with zero attached hydrogens (tertiary/aromatic N) is 4. The Morgan fingerprint density at radius 3 is 1.65 bits per heavy atom. The molecule has 0 saturated heterocycles. The molecule has 10 aromatic rings. The molecule has 8 aromatic carbocycles. The Balaban J connectivity index is 0.00000720. The van der Waals surface area contributed by atoms with Crippen molar-refractivity contribution in [3.8, 4) is 50.7 Å². The van der Waals surface area contributed by atoms with Crippen LogP contribution in [-0.2, 0) is 48.1 Å². The second-order valence-corrected chi connectivity index (χ2v) is 26.9. The Labute approximate surface area is 491 Å². The summed E-state index contributed by atoms with van der Waals surface area (Å²) >= 11 is 0. The summed E-state index contributed by atoms with van der Waals surface area (Å²) in [6.45, 7) is 36.6. The summed E-state index contributed by atoms with van der Waals surface area (Å²) in [7, 11) is 0. The minimum atomic E-state index is -0.0730. The summed E-state index contributed by atoms with van der Waals surface area (Å²) in [4.78, 5) is 9.66. The molecule has 0 radical (unpaired) electrons. The zero-order valence-electron chi connectivity index (χ0n) is 49.3. The van der Waals surface area contributed by atoms with Gasteiger partial charge in [0.05, 0.1) is 0 Å². The van der Waals surface area contributed by atoms with E-state index in [0.717, 1.165) is 61.5 Å². The van der Waals surface area contributed by atoms with E-state index in [1.165, 1.54) is 50.1 Å². The van der Waals surface area contributed by atoms with E-state index in [0.29, 0.717) is 11.5 Å². The van der Waals surface area contributed by atoms with Crippen LogP contribution in [0.5, 0.6) is 11.5 Å². The smallest absolute Gasteiger partial charge is 0.135 e. The van der Waals surface area contributed by atoms with Crippen molar-refractivity contribution in [2.45, 2.75) is 131 Å². The fraction of sp³-hybridized carbons (Fsp3) is 0.270. The van der Waals surface area contributed by atoms with Gasteiger partial charge in [0.15, 0.2) is 0 Å². The molecule has 11 rings (SSSR count). The third kappa shape index (κ3) is 11.0. The van der Waals surface area contributed by atoms with Crippen LogP contribution in [0, 0.1) is 18.8 Å². The van der Waals surface area contributed by atoms with Crippen LogP contribution in [0.2, 0.25) is 0 Å². The van der Waals surface area contributed by atoms with E-state index in [9.17, 15) is 0 Å². The molecule has 1 aliphatic rings. The van der Waals surface area contributed by atoms with Crippen molar-refractivity contribution in [1.82, 2.24) is 9.55 Å². The van der Waals surface area contributed by atoms with Crippen LogP contribution in [0.1, 0.15) is 132 Å². The second-order valence-electron chi connectivity index (χ2n) is 26.9. The molecule has 0 bridgehead atoms. The number of para-hydroxylation sites is 1. The number of fused-ring (bicyclic) bond motifs is 4. The van der Waals surface area contributed by atoms with E-state index in [2.05, 4.69) is 295 Å². The van der Waals surface area contributed by atoms with Crippen LogP contribution >= 0.6 is 0 Å². The number of aromatic nitrogens is 2. The monoisotopic (exact) mass is 1230 g/mol. The molecule has 0 aliphatic carbocycles. The second kappa shape index (κ2) is 20.7. The average molecular weight is 1230 g/mol. The van der Waals surface area contributed by atoms with Gasteiger partial charge in [0.1, 0.15) is 5.82 Å². The van der Waals surface area contributed by atoms with Crippen LogP contribution in [-0.4, -0.2) is 9.55 Å². The maximum Gasteiger partial charge on any atom is 0.135 e. The van der Waals surface area contributed by atoms with E-state index in [1.807, 2.05) is 18.3 Å². The van der Waals surface area contributed by atoms with Crippen molar-refractivity contribution < 1.29 is 25.8 Å². The van der Waals surface area contributed by atoms with Crippen LogP contribution in [0.15, 0.2) is 176 Å². The van der Waals surface area contributed by atoms with Gasteiger partial charge in [0.25, 0.3) is 0 Å². The third-order valence-electron chi connectivity index (χ3n) is 15.7. The Kier molecular flexibility index (Phi) is 14.5. The molecule has 5 nitrogen and oxygen atoms in total. The normalized spacial score (nSPS) is 13.2. The van der Waals surface area contributed by atoms with Crippen molar-refractivity contribution in [3.63, 3.8) is 0 Å².